The highest BCUT2D eigenvalue weighted by Gasteiger charge is 2.01. The number of aromatic nitrogens is 1. The third-order valence-electron chi connectivity index (χ3n) is 2.07. The van der Waals surface area contributed by atoms with Gasteiger partial charge in [-0.1, -0.05) is 6.07 Å². The molecule has 2 rings (SSSR count). The van der Waals surface area contributed by atoms with E-state index in [1.54, 1.807) is 12.2 Å². The molecule has 88 valence electrons. The number of benzene rings is 1. The Hall–Kier alpha value is -1.68. The molecule has 0 saturated carbocycles. The van der Waals surface area contributed by atoms with Gasteiger partial charge in [-0.15, -0.1) is 11.6 Å². The molecule has 0 fully saturated rings. The van der Waals surface area contributed by atoms with Gasteiger partial charge in [-0.2, -0.15) is 0 Å². The summed E-state index contributed by atoms with van der Waals surface area (Å²) in [7, 11) is 0. The normalized spacial score (nSPS) is 11.2. The van der Waals surface area contributed by atoms with Crippen LogP contribution in [0.4, 0.5) is 8.78 Å². The topological polar surface area (TPSA) is 26.0 Å². The highest BCUT2D eigenvalue weighted by molar-refractivity contribution is 6.16. The molecule has 0 aliphatic heterocycles. The number of hydrogen-bond acceptors (Lipinski definition) is 2. The lowest BCUT2D eigenvalue weighted by atomic mass is 10.2. The van der Waals surface area contributed by atoms with Crippen molar-refractivity contribution < 1.29 is 13.2 Å². The average molecular weight is 256 g/mol. The van der Waals surface area contributed by atoms with Crippen LogP contribution in [-0.4, -0.2) is 4.98 Å². The van der Waals surface area contributed by atoms with E-state index in [1.165, 1.54) is 12.3 Å². The first-order valence-corrected chi connectivity index (χ1v) is 5.36. The minimum absolute atomic E-state index is 0.266. The molecule has 1 heterocycles. The van der Waals surface area contributed by atoms with Crippen molar-refractivity contribution in [3.63, 3.8) is 0 Å². The van der Waals surface area contributed by atoms with E-state index < -0.39 is 11.6 Å². The van der Waals surface area contributed by atoms with Gasteiger partial charge in [-0.25, -0.2) is 13.8 Å². The molecule has 17 heavy (non-hydrogen) atoms. The summed E-state index contributed by atoms with van der Waals surface area (Å²) >= 11 is 5.56. The predicted octanol–water partition coefficient (Wildman–Crippen LogP) is 3.86. The molecule has 0 bridgehead atoms. The molecule has 2 nitrogen and oxygen atoms in total. The molecule has 0 radical (unpaired) electrons. The fourth-order valence-corrected chi connectivity index (χ4v) is 1.37. The zero-order valence-corrected chi connectivity index (χ0v) is 9.42. The Bertz CT molecular complexity index is 551. The van der Waals surface area contributed by atoms with Gasteiger partial charge >= 0.3 is 0 Å². The van der Waals surface area contributed by atoms with E-state index in [4.69, 9.17) is 16.0 Å². The Morgan fingerprint density at radius 2 is 2.06 bits per heavy atom. The molecule has 0 saturated heterocycles. The number of nitrogens with zero attached hydrogens (tertiary/aromatic N) is 1. The van der Waals surface area contributed by atoms with Crippen LogP contribution in [0.1, 0.15) is 17.1 Å². The van der Waals surface area contributed by atoms with E-state index >= 15 is 0 Å². The minimum Gasteiger partial charge on any atom is -0.445 e. The average Bonchev–Trinajstić information content (AvgIpc) is 2.79. The van der Waals surface area contributed by atoms with E-state index in [0.29, 0.717) is 17.1 Å². The molecule has 0 aliphatic rings. The summed E-state index contributed by atoms with van der Waals surface area (Å²) in [6.07, 6.45) is 4.58. The van der Waals surface area contributed by atoms with Gasteiger partial charge in [0, 0.05) is 6.08 Å². The second kappa shape index (κ2) is 5.10. The maximum absolute atomic E-state index is 12.9. The molecule has 1 aromatic heterocycles. The standard InChI is InChI=1S/C12H8ClF2NO/c13-6-9-7-17-12(16-9)4-2-8-1-3-10(14)11(15)5-8/h1-5,7H,6H2. The van der Waals surface area contributed by atoms with Crippen LogP contribution in [0, 0.1) is 11.6 Å². The van der Waals surface area contributed by atoms with E-state index in [1.807, 2.05) is 0 Å². The highest BCUT2D eigenvalue weighted by atomic mass is 35.5. The molecule has 0 spiro atoms. The van der Waals surface area contributed by atoms with Crippen LogP contribution in [0.15, 0.2) is 28.9 Å². The molecule has 0 aliphatic carbocycles. The maximum atomic E-state index is 12.9. The van der Waals surface area contributed by atoms with Crippen LogP contribution in [0.3, 0.4) is 0 Å². The summed E-state index contributed by atoms with van der Waals surface area (Å²) in [4.78, 5) is 4.03. The van der Waals surface area contributed by atoms with Crippen molar-refractivity contribution in [2.75, 3.05) is 0 Å². The van der Waals surface area contributed by atoms with E-state index in [-0.39, 0.29) is 5.88 Å². The predicted molar refractivity (Wildman–Crippen MR) is 61.3 cm³/mol. The summed E-state index contributed by atoms with van der Waals surface area (Å²) in [6, 6.07) is 3.62. The lowest BCUT2D eigenvalue weighted by molar-refractivity contribution is 0.508. The van der Waals surface area contributed by atoms with E-state index in [2.05, 4.69) is 4.98 Å². The number of hydrogen-bond donors (Lipinski definition) is 0. The Labute approximate surface area is 102 Å². The lowest BCUT2D eigenvalue weighted by Crippen LogP contribution is -1.83. The van der Waals surface area contributed by atoms with Gasteiger partial charge < -0.3 is 4.42 Å². The highest BCUT2D eigenvalue weighted by Crippen LogP contribution is 2.12. The van der Waals surface area contributed by atoms with Crippen molar-refractivity contribution in [2.45, 2.75) is 5.88 Å². The fourth-order valence-electron chi connectivity index (χ4n) is 1.24. The molecule has 0 atom stereocenters. The molecule has 0 N–H and O–H groups in total. The van der Waals surface area contributed by atoms with Crippen LogP contribution in [-0.2, 0) is 5.88 Å². The van der Waals surface area contributed by atoms with Crippen LogP contribution >= 0.6 is 11.6 Å². The number of rotatable bonds is 3. The lowest BCUT2D eigenvalue weighted by Gasteiger charge is -1.94. The number of oxazole rings is 1. The van der Waals surface area contributed by atoms with Crippen molar-refractivity contribution in [3.05, 3.63) is 53.2 Å². The van der Waals surface area contributed by atoms with Crippen LogP contribution in [0.5, 0.6) is 0 Å². The minimum atomic E-state index is -0.888. The molecular weight excluding hydrogens is 248 g/mol. The van der Waals surface area contributed by atoms with Crippen molar-refractivity contribution in [2.24, 2.45) is 0 Å². The number of alkyl halides is 1. The molecule has 2 aromatic rings. The van der Waals surface area contributed by atoms with Crippen molar-refractivity contribution >= 4 is 23.8 Å². The van der Waals surface area contributed by atoms with Gasteiger partial charge in [0.15, 0.2) is 11.6 Å². The first-order valence-electron chi connectivity index (χ1n) is 4.82. The quantitative estimate of drug-likeness (QED) is 0.779. The fraction of sp³-hybridized carbons (Fsp3) is 0.0833. The van der Waals surface area contributed by atoms with E-state index in [9.17, 15) is 8.78 Å². The summed E-state index contributed by atoms with van der Waals surface area (Å²) in [5.41, 5.74) is 1.14. The maximum Gasteiger partial charge on any atom is 0.218 e. The Kier molecular flexibility index (Phi) is 3.54. The van der Waals surface area contributed by atoms with Gasteiger partial charge in [0.05, 0.1) is 11.6 Å². The van der Waals surface area contributed by atoms with Crippen LogP contribution < -0.4 is 0 Å². The van der Waals surface area contributed by atoms with Crippen molar-refractivity contribution in [3.8, 4) is 0 Å². The molecule has 1 aromatic carbocycles. The summed E-state index contributed by atoms with van der Waals surface area (Å²) < 4.78 is 30.6. The van der Waals surface area contributed by atoms with Crippen molar-refractivity contribution in [1.82, 2.24) is 4.98 Å². The van der Waals surface area contributed by atoms with Gasteiger partial charge in [-0.05, 0) is 23.8 Å². The van der Waals surface area contributed by atoms with Crippen LogP contribution in [0.2, 0.25) is 0 Å². The summed E-state index contributed by atoms with van der Waals surface area (Å²) in [6.45, 7) is 0. The third-order valence-corrected chi connectivity index (χ3v) is 2.34. The Morgan fingerprint density at radius 1 is 1.24 bits per heavy atom. The molecular formula is C12H8ClF2NO. The summed E-state index contributed by atoms with van der Waals surface area (Å²) in [5.74, 6) is -1.13. The second-order valence-corrected chi connectivity index (χ2v) is 3.58. The zero-order valence-electron chi connectivity index (χ0n) is 8.66. The first kappa shape index (κ1) is 11.8. The van der Waals surface area contributed by atoms with Crippen LogP contribution in [0.25, 0.3) is 12.2 Å². The smallest absolute Gasteiger partial charge is 0.218 e. The Morgan fingerprint density at radius 3 is 2.71 bits per heavy atom. The zero-order chi connectivity index (χ0) is 12.3. The van der Waals surface area contributed by atoms with Gasteiger partial charge in [0.2, 0.25) is 5.89 Å². The van der Waals surface area contributed by atoms with Gasteiger partial charge in [-0.3, -0.25) is 0 Å². The molecule has 0 unspecified atom stereocenters. The monoisotopic (exact) mass is 255 g/mol. The van der Waals surface area contributed by atoms with Gasteiger partial charge in [0.25, 0.3) is 0 Å². The van der Waals surface area contributed by atoms with Crippen molar-refractivity contribution in [1.29, 1.82) is 0 Å². The summed E-state index contributed by atoms with van der Waals surface area (Å²) in [5, 5.41) is 0. The molecule has 0 amide bonds. The third kappa shape index (κ3) is 2.91. The largest absolute Gasteiger partial charge is 0.445 e. The number of halogens is 3. The molecule has 5 heteroatoms. The Balaban J connectivity index is 2.16. The van der Waals surface area contributed by atoms with E-state index in [0.717, 1.165) is 12.1 Å². The first-order chi connectivity index (χ1) is 8.19. The SMILES string of the molecule is Fc1ccc(C=Cc2nc(CCl)co2)cc1F. The second-order valence-electron chi connectivity index (χ2n) is 3.32. The van der Waals surface area contributed by atoms with Gasteiger partial charge in [0.1, 0.15) is 6.26 Å².